The van der Waals surface area contributed by atoms with Crippen molar-refractivity contribution in [3.63, 3.8) is 0 Å². The SMILES string of the molecule is CCCCCC/C=C\C/C=C\CCCCCCCC(=O)OCCCCCCCCCCC/C=C\C/C=C\CCCCCCCCCCCCCCCCCCCC(=O)NC(CO)C(O)/C=C/CCCCCCCCCCCCCCC. The lowest BCUT2D eigenvalue weighted by Gasteiger charge is -2.20. The summed E-state index contributed by atoms with van der Waals surface area (Å²) < 4.78 is 5.49. The Morgan fingerprint density at radius 3 is 0.951 bits per heavy atom. The van der Waals surface area contributed by atoms with Gasteiger partial charge in [-0.05, 0) is 96.3 Å². The minimum absolute atomic E-state index is 0.000290. The monoisotopic (exact) mass is 1130 g/mol. The molecule has 0 fully saturated rings. The van der Waals surface area contributed by atoms with Crippen LogP contribution in [0.1, 0.15) is 380 Å². The summed E-state index contributed by atoms with van der Waals surface area (Å²) in [5, 5.41) is 23.2. The van der Waals surface area contributed by atoms with E-state index < -0.39 is 12.1 Å². The number of aliphatic hydroxyl groups is 2. The molecule has 0 saturated heterocycles. The van der Waals surface area contributed by atoms with Crippen molar-refractivity contribution in [2.24, 2.45) is 0 Å². The Morgan fingerprint density at radius 2 is 0.617 bits per heavy atom. The van der Waals surface area contributed by atoms with Crippen LogP contribution in [0.5, 0.6) is 0 Å². The van der Waals surface area contributed by atoms with Crippen LogP contribution in [0.4, 0.5) is 0 Å². The number of nitrogens with one attached hydrogen (secondary N) is 1. The van der Waals surface area contributed by atoms with Gasteiger partial charge in [-0.15, -0.1) is 0 Å². The molecule has 0 saturated carbocycles. The van der Waals surface area contributed by atoms with Crippen molar-refractivity contribution in [3.05, 3.63) is 60.8 Å². The molecular weight excluding hydrogens is 995 g/mol. The van der Waals surface area contributed by atoms with Gasteiger partial charge in [0.2, 0.25) is 5.91 Å². The second kappa shape index (κ2) is 70.0. The molecule has 81 heavy (non-hydrogen) atoms. The quantitative estimate of drug-likeness (QED) is 0.0320. The van der Waals surface area contributed by atoms with Gasteiger partial charge in [-0.1, -0.05) is 331 Å². The molecule has 474 valence electrons. The Labute approximate surface area is 505 Å². The van der Waals surface area contributed by atoms with E-state index in [-0.39, 0.29) is 18.5 Å². The van der Waals surface area contributed by atoms with Crippen LogP contribution in [-0.2, 0) is 14.3 Å². The number of unbranched alkanes of at least 4 members (excludes halogenated alkanes) is 48. The molecule has 0 aromatic heterocycles. The first kappa shape index (κ1) is 78.6. The number of rotatable bonds is 67. The lowest BCUT2D eigenvalue weighted by Crippen LogP contribution is -2.45. The summed E-state index contributed by atoms with van der Waals surface area (Å²) in [6, 6.07) is -0.627. The van der Waals surface area contributed by atoms with Gasteiger partial charge in [0.1, 0.15) is 0 Å². The number of aliphatic hydroxyl groups excluding tert-OH is 2. The Balaban J connectivity index is 3.40. The van der Waals surface area contributed by atoms with Crippen molar-refractivity contribution in [3.8, 4) is 0 Å². The fourth-order valence-electron chi connectivity index (χ4n) is 11.0. The standard InChI is InChI=1S/C75H139NO5/c1-3-5-7-9-11-13-15-17-19-41-45-49-53-57-61-65-69-75(80)81-70-66-62-58-54-50-46-42-38-36-34-32-30-28-26-24-22-20-21-23-25-27-29-31-33-35-37-40-44-48-52-56-60-64-68-74(79)76-72(71-77)73(78)67-63-59-55-51-47-43-39-18-16-14-12-10-8-6-4-2/h13,15,19,24,26,30,32,41,63,67,72-73,77-78H,3-12,14,16-18,20-23,25,27-29,31,33-40,42-62,64-66,68-71H2,1-2H3,(H,76,79)/b15-13-,26-24-,32-30-,41-19-,67-63+. The number of esters is 1. The number of hydrogen-bond donors (Lipinski definition) is 3. The molecule has 2 atom stereocenters. The van der Waals surface area contributed by atoms with Crippen LogP contribution >= 0.6 is 0 Å². The topological polar surface area (TPSA) is 95.9 Å². The van der Waals surface area contributed by atoms with Crippen LogP contribution in [0.3, 0.4) is 0 Å². The normalized spacial score (nSPS) is 12.9. The number of carbonyl (C=O) groups is 2. The maximum Gasteiger partial charge on any atom is 0.305 e. The maximum atomic E-state index is 12.5. The molecule has 0 spiro atoms. The minimum atomic E-state index is -0.844. The summed E-state index contributed by atoms with van der Waals surface area (Å²) in [5.41, 5.74) is 0. The molecule has 0 aliphatic heterocycles. The highest BCUT2D eigenvalue weighted by molar-refractivity contribution is 5.76. The van der Waals surface area contributed by atoms with Gasteiger partial charge in [0.05, 0.1) is 25.4 Å². The van der Waals surface area contributed by atoms with Gasteiger partial charge >= 0.3 is 5.97 Å². The molecule has 0 radical (unpaired) electrons. The summed E-state index contributed by atoms with van der Waals surface area (Å²) in [5.74, 6) is -0.0644. The highest BCUT2D eigenvalue weighted by Crippen LogP contribution is 2.18. The van der Waals surface area contributed by atoms with Crippen molar-refractivity contribution in [2.45, 2.75) is 392 Å². The number of ether oxygens (including phenoxy) is 1. The highest BCUT2D eigenvalue weighted by atomic mass is 16.5. The summed E-state index contributed by atoms with van der Waals surface area (Å²) >= 11 is 0. The predicted molar refractivity (Wildman–Crippen MR) is 356 cm³/mol. The molecule has 0 rings (SSSR count). The maximum absolute atomic E-state index is 12.5. The third-order valence-corrected chi connectivity index (χ3v) is 16.5. The molecule has 0 aromatic carbocycles. The lowest BCUT2D eigenvalue weighted by molar-refractivity contribution is -0.143. The largest absolute Gasteiger partial charge is 0.466 e. The van der Waals surface area contributed by atoms with Crippen LogP contribution in [0, 0.1) is 0 Å². The van der Waals surface area contributed by atoms with Crippen LogP contribution in [0.2, 0.25) is 0 Å². The molecule has 1 amide bonds. The van der Waals surface area contributed by atoms with Crippen molar-refractivity contribution < 1.29 is 24.5 Å². The molecule has 0 aliphatic carbocycles. The van der Waals surface area contributed by atoms with Gasteiger partial charge in [0.15, 0.2) is 0 Å². The van der Waals surface area contributed by atoms with Gasteiger partial charge in [0, 0.05) is 12.8 Å². The highest BCUT2D eigenvalue weighted by Gasteiger charge is 2.18. The van der Waals surface area contributed by atoms with E-state index in [0.29, 0.717) is 19.4 Å². The molecule has 2 unspecified atom stereocenters. The van der Waals surface area contributed by atoms with Crippen LogP contribution in [-0.4, -0.2) is 47.4 Å². The van der Waals surface area contributed by atoms with Crippen LogP contribution < -0.4 is 5.32 Å². The summed E-state index contributed by atoms with van der Waals surface area (Å²) in [6.45, 7) is 4.90. The van der Waals surface area contributed by atoms with Crippen molar-refractivity contribution in [1.29, 1.82) is 0 Å². The molecule has 3 N–H and O–H groups in total. The van der Waals surface area contributed by atoms with E-state index in [1.54, 1.807) is 6.08 Å². The van der Waals surface area contributed by atoms with Gasteiger partial charge in [-0.2, -0.15) is 0 Å². The second-order valence-electron chi connectivity index (χ2n) is 24.6. The van der Waals surface area contributed by atoms with Crippen molar-refractivity contribution >= 4 is 11.9 Å². The van der Waals surface area contributed by atoms with E-state index in [4.69, 9.17) is 4.74 Å². The Bertz CT molecular complexity index is 1400. The first-order valence-electron chi connectivity index (χ1n) is 36.1. The Hall–Kier alpha value is -2.44. The van der Waals surface area contributed by atoms with E-state index >= 15 is 0 Å². The molecule has 0 heterocycles. The third kappa shape index (κ3) is 66.6. The molecule has 6 nitrogen and oxygen atoms in total. The average Bonchev–Trinajstić information content (AvgIpc) is 3.47. The summed E-state index contributed by atoms with van der Waals surface area (Å²) in [7, 11) is 0. The van der Waals surface area contributed by atoms with E-state index in [0.717, 1.165) is 57.8 Å². The fourth-order valence-corrected chi connectivity index (χ4v) is 11.0. The van der Waals surface area contributed by atoms with E-state index in [2.05, 4.69) is 67.8 Å². The van der Waals surface area contributed by atoms with Crippen LogP contribution in [0.15, 0.2) is 60.8 Å². The zero-order valence-electron chi connectivity index (χ0n) is 54.3. The van der Waals surface area contributed by atoms with Gasteiger partial charge in [-0.25, -0.2) is 0 Å². The molecule has 0 aliphatic rings. The molecule has 6 heteroatoms. The molecule has 0 bridgehead atoms. The number of hydrogen-bond acceptors (Lipinski definition) is 5. The first-order chi connectivity index (χ1) is 40.0. The minimum Gasteiger partial charge on any atom is -0.466 e. The third-order valence-electron chi connectivity index (χ3n) is 16.5. The first-order valence-corrected chi connectivity index (χ1v) is 36.1. The zero-order valence-corrected chi connectivity index (χ0v) is 54.3. The molecule has 0 aromatic rings. The van der Waals surface area contributed by atoms with Crippen molar-refractivity contribution in [1.82, 2.24) is 5.32 Å². The smallest absolute Gasteiger partial charge is 0.305 e. The van der Waals surface area contributed by atoms with Crippen LogP contribution in [0.25, 0.3) is 0 Å². The van der Waals surface area contributed by atoms with E-state index in [9.17, 15) is 19.8 Å². The number of amides is 1. The summed E-state index contributed by atoms with van der Waals surface area (Å²) in [6.07, 6.45) is 93.1. The van der Waals surface area contributed by atoms with Gasteiger partial charge in [0.25, 0.3) is 0 Å². The van der Waals surface area contributed by atoms with Gasteiger partial charge in [-0.3, -0.25) is 9.59 Å². The van der Waals surface area contributed by atoms with E-state index in [1.807, 2.05) is 6.08 Å². The van der Waals surface area contributed by atoms with Crippen molar-refractivity contribution in [2.75, 3.05) is 13.2 Å². The molecular formula is C75H139NO5. The Morgan fingerprint density at radius 1 is 0.346 bits per heavy atom. The fraction of sp³-hybridized carbons (Fsp3) is 0.840. The Kier molecular flexibility index (Phi) is 67.9. The van der Waals surface area contributed by atoms with Gasteiger partial charge < -0.3 is 20.3 Å². The zero-order chi connectivity index (χ0) is 58.5. The summed E-state index contributed by atoms with van der Waals surface area (Å²) in [4.78, 5) is 24.6. The average molecular weight is 1130 g/mol. The predicted octanol–water partition coefficient (Wildman–Crippen LogP) is 23.4. The number of allylic oxidation sites excluding steroid dienone is 9. The second-order valence-corrected chi connectivity index (χ2v) is 24.6. The van der Waals surface area contributed by atoms with E-state index in [1.165, 1.54) is 295 Å². The lowest BCUT2D eigenvalue weighted by atomic mass is 10.0. The number of carbonyl (C=O) groups excluding carboxylic acids is 2.